The zero-order valence-corrected chi connectivity index (χ0v) is 9.76. The Labute approximate surface area is 104 Å². The fourth-order valence-electron chi connectivity index (χ4n) is 1.91. The minimum Gasteiger partial charge on any atom is -0.472 e. The Bertz CT molecular complexity index is 662. The summed E-state index contributed by atoms with van der Waals surface area (Å²) >= 11 is 0. The molecule has 0 radical (unpaired) electrons. The molecule has 0 aliphatic rings. The van der Waals surface area contributed by atoms with Gasteiger partial charge in [0.15, 0.2) is 0 Å². The molecule has 2 heterocycles. The van der Waals surface area contributed by atoms with Crippen LogP contribution in [0.15, 0.2) is 53.5 Å². The number of aromatic nitrogens is 1. The summed E-state index contributed by atoms with van der Waals surface area (Å²) in [4.78, 5) is 4.31. The van der Waals surface area contributed by atoms with Crippen molar-refractivity contribution in [2.24, 2.45) is 0 Å². The summed E-state index contributed by atoms with van der Waals surface area (Å²) in [6, 6.07) is 9.63. The maximum Gasteiger partial charge on any atom is 0.0952 e. The van der Waals surface area contributed by atoms with E-state index in [0.29, 0.717) is 0 Å². The predicted octanol–water partition coefficient (Wildman–Crippen LogP) is 3.02. The Hall–Kier alpha value is -2.49. The van der Waals surface area contributed by atoms with Gasteiger partial charge in [-0.3, -0.25) is 4.98 Å². The van der Waals surface area contributed by atoms with Crippen LogP contribution in [0, 0.1) is 0 Å². The highest BCUT2D eigenvalue weighted by atomic mass is 16.3. The molecule has 0 spiro atoms. The van der Waals surface area contributed by atoms with Gasteiger partial charge in [-0.2, -0.15) is 0 Å². The van der Waals surface area contributed by atoms with E-state index in [9.17, 15) is 0 Å². The Balaban J connectivity index is 1.92. The quantitative estimate of drug-likeness (QED) is 0.689. The van der Waals surface area contributed by atoms with Gasteiger partial charge in [-0.15, -0.1) is 0 Å². The van der Waals surface area contributed by atoms with Gasteiger partial charge in [0.1, 0.15) is 0 Å². The van der Waals surface area contributed by atoms with Gasteiger partial charge in [-0.05, 0) is 30.3 Å². The number of hydrogen-bond donors (Lipinski definition) is 2. The van der Waals surface area contributed by atoms with E-state index >= 15 is 0 Å². The molecule has 0 unspecified atom stereocenters. The summed E-state index contributed by atoms with van der Waals surface area (Å²) in [5.74, 6) is 0. The minimum absolute atomic E-state index is 0.722. The lowest BCUT2D eigenvalue weighted by Crippen LogP contribution is -1.99. The van der Waals surface area contributed by atoms with Crippen molar-refractivity contribution in [1.29, 1.82) is 0 Å². The molecule has 3 rings (SSSR count). The van der Waals surface area contributed by atoms with Crippen molar-refractivity contribution in [3.05, 3.63) is 54.6 Å². The van der Waals surface area contributed by atoms with Gasteiger partial charge in [0, 0.05) is 35.1 Å². The summed E-state index contributed by atoms with van der Waals surface area (Å²) in [5, 5.41) is 4.43. The van der Waals surface area contributed by atoms with Crippen molar-refractivity contribution < 1.29 is 4.42 Å². The maximum atomic E-state index is 5.75. The first-order valence-electron chi connectivity index (χ1n) is 5.72. The van der Waals surface area contributed by atoms with Crippen molar-refractivity contribution >= 4 is 22.3 Å². The van der Waals surface area contributed by atoms with Crippen LogP contribution in [0.4, 0.5) is 11.4 Å². The number of furan rings is 1. The van der Waals surface area contributed by atoms with Gasteiger partial charge in [-0.1, -0.05) is 0 Å². The summed E-state index contributed by atoms with van der Waals surface area (Å²) in [7, 11) is 0. The molecule has 0 aliphatic carbocycles. The number of anilines is 2. The van der Waals surface area contributed by atoms with Crippen molar-refractivity contribution in [2.45, 2.75) is 6.54 Å². The lowest BCUT2D eigenvalue weighted by atomic mass is 10.1. The standard InChI is InChI=1S/C14H13N3O/c15-11-1-2-12-13(3-5-16-14(12)7-11)17-8-10-4-6-18-9-10/h1-7,9H,8,15H2,(H,16,17). The third-order valence-corrected chi connectivity index (χ3v) is 2.83. The molecule has 0 saturated heterocycles. The maximum absolute atomic E-state index is 5.75. The molecule has 4 heteroatoms. The van der Waals surface area contributed by atoms with Crippen LogP contribution in [0.2, 0.25) is 0 Å². The number of nitrogens with zero attached hydrogens (tertiary/aromatic N) is 1. The summed E-state index contributed by atoms with van der Waals surface area (Å²) < 4.78 is 5.04. The molecule has 2 aromatic heterocycles. The zero-order chi connectivity index (χ0) is 12.4. The molecule has 0 atom stereocenters. The Morgan fingerprint density at radius 1 is 1.22 bits per heavy atom. The molecule has 0 saturated carbocycles. The van der Waals surface area contributed by atoms with E-state index in [2.05, 4.69) is 10.3 Å². The largest absolute Gasteiger partial charge is 0.472 e. The molecule has 3 N–H and O–H groups in total. The van der Waals surface area contributed by atoms with E-state index in [0.717, 1.165) is 34.4 Å². The molecule has 0 fully saturated rings. The van der Waals surface area contributed by atoms with E-state index in [4.69, 9.17) is 10.2 Å². The Morgan fingerprint density at radius 2 is 2.17 bits per heavy atom. The molecule has 0 amide bonds. The first-order chi connectivity index (χ1) is 8.83. The number of nitrogens with one attached hydrogen (secondary N) is 1. The number of benzene rings is 1. The SMILES string of the molecule is Nc1ccc2c(NCc3ccoc3)ccnc2c1. The zero-order valence-electron chi connectivity index (χ0n) is 9.76. The molecule has 18 heavy (non-hydrogen) atoms. The average Bonchev–Trinajstić information content (AvgIpc) is 2.89. The molecule has 0 bridgehead atoms. The monoisotopic (exact) mass is 239 g/mol. The van der Waals surface area contributed by atoms with Gasteiger partial charge in [0.05, 0.1) is 18.0 Å². The van der Waals surface area contributed by atoms with E-state index in [1.54, 1.807) is 18.7 Å². The number of rotatable bonds is 3. The second kappa shape index (κ2) is 4.41. The van der Waals surface area contributed by atoms with E-state index in [1.807, 2.05) is 30.3 Å². The molecule has 3 aromatic rings. The fraction of sp³-hybridized carbons (Fsp3) is 0.0714. The van der Waals surface area contributed by atoms with E-state index < -0.39 is 0 Å². The third-order valence-electron chi connectivity index (χ3n) is 2.83. The van der Waals surface area contributed by atoms with Crippen LogP contribution >= 0.6 is 0 Å². The van der Waals surface area contributed by atoms with Crippen LogP contribution in [0.1, 0.15) is 5.56 Å². The van der Waals surface area contributed by atoms with Crippen molar-refractivity contribution in [3.63, 3.8) is 0 Å². The van der Waals surface area contributed by atoms with Gasteiger partial charge >= 0.3 is 0 Å². The van der Waals surface area contributed by atoms with Gasteiger partial charge in [0.2, 0.25) is 0 Å². The summed E-state index contributed by atoms with van der Waals surface area (Å²) in [5.41, 5.74) is 9.52. The van der Waals surface area contributed by atoms with Crippen LogP contribution in [-0.4, -0.2) is 4.98 Å². The fourth-order valence-corrected chi connectivity index (χ4v) is 1.91. The van der Waals surface area contributed by atoms with Crippen LogP contribution in [0.25, 0.3) is 10.9 Å². The normalized spacial score (nSPS) is 10.7. The average molecular weight is 239 g/mol. The molecular formula is C14H13N3O. The van der Waals surface area contributed by atoms with E-state index in [1.165, 1.54) is 0 Å². The number of nitrogens with two attached hydrogens (primary N) is 1. The van der Waals surface area contributed by atoms with Crippen LogP contribution < -0.4 is 11.1 Å². The molecular weight excluding hydrogens is 226 g/mol. The second-order valence-corrected chi connectivity index (χ2v) is 4.12. The van der Waals surface area contributed by atoms with Crippen LogP contribution in [0.5, 0.6) is 0 Å². The Morgan fingerprint density at radius 3 is 3.00 bits per heavy atom. The van der Waals surface area contributed by atoms with Gasteiger partial charge in [0.25, 0.3) is 0 Å². The van der Waals surface area contributed by atoms with Crippen molar-refractivity contribution in [2.75, 3.05) is 11.1 Å². The van der Waals surface area contributed by atoms with Crippen LogP contribution in [0.3, 0.4) is 0 Å². The number of nitrogen functional groups attached to an aromatic ring is 1. The number of pyridine rings is 1. The second-order valence-electron chi connectivity index (χ2n) is 4.12. The molecule has 1 aromatic carbocycles. The first kappa shape index (κ1) is 10.7. The number of hydrogen-bond acceptors (Lipinski definition) is 4. The predicted molar refractivity (Wildman–Crippen MR) is 72.2 cm³/mol. The highest BCUT2D eigenvalue weighted by Gasteiger charge is 2.02. The highest BCUT2D eigenvalue weighted by molar-refractivity contribution is 5.92. The molecule has 4 nitrogen and oxygen atoms in total. The Kier molecular flexibility index (Phi) is 2.61. The number of fused-ring (bicyclic) bond motifs is 1. The third kappa shape index (κ3) is 2.00. The summed E-state index contributed by atoms with van der Waals surface area (Å²) in [6.45, 7) is 0.722. The first-order valence-corrected chi connectivity index (χ1v) is 5.72. The van der Waals surface area contributed by atoms with Gasteiger partial charge in [-0.25, -0.2) is 0 Å². The topological polar surface area (TPSA) is 64.1 Å². The van der Waals surface area contributed by atoms with Crippen molar-refractivity contribution in [1.82, 2.24) is 4.98 Å². The lowest BCUT2D eigenvalue weighted by Gasteiger charge is -2.08. The lowest BCUT2D eigenvalue weighted by molar-refractivity contribution is 0.564. The molecule has 0 aliphatic heterocycles. The molecule has 90 valence electrons. The van der Waals surface area contributed by atoms with E-state index in [-0.39, 0.29) is 0 Å². The van der Waals surface area contributed by atoms with Crippen molar-refractivity contribution in [3.8, 4) is 0 Å². The smallest absolute Gasteiger partial charge is 0.0952 e. The summed E-state index contributed by atoms with van der Waals surface area (Å²) in [6.07, 6.45) is 5.18. The highest BCUT2D eigenvalue weighted by Crippen LogP contribution is 2.23. The minimum atomic E-state index is 0.722. The van der Waals surface area contributed by atoms with Crippen LogP contribution in [-0.2, 0) is 6.54 Å². The van der Waals surface area contributed by atoms with Gasteiger partial charge < -0.3 is 15.5 Å².